The number of carboxylic acid groups (broad SMARTS) is 1. The van der Waals surface area contributed by atoms with Crippen LogP contribution in [-0.2, 0) is 23.8 Å². The molecule has 0 aromatic heterocycles. The second-order valence-electron chi connectivity index (χ2n) is 11.0. The minimum absolute atomic E-state index is 0.0207. The summed E-state index contributed by atoms with van der Waals surface area (Å²) in [5.74, 6) is -2.62. The molecule has 1 aliphatic carbocycles. The van der Waals surface area contributed by atoms with Crippen molar-refractivity contribution in [3.8, 4) is 11.1 Å². The number of rotatable bonds is 17. The fraction of sp³-hybridized carbons (Fsp3) is 0.500. The molecule has 0 saturated carbocycles. The summed E-state index contributed by atoms with van der Waals surface area (Å²) >= 11 is 0. The molecule has 1 aliphatic rings. The maximum absolute atomic E-state index is 13.0. The van der Waals surface area contributed by atoms with Crippen LogP contribution in [-0.4, -0.2) is 66.0 Å². The van der Waals surface area contributed by atoms with Crippen molar-refractivity contribution in [2.24, 2.45) is 0 Å². The molecular weight excluding hydrogens is 580 g/mol. The van der Waals surface area contributed by atoms with Gasteiger partial charge in [0.1, 0.15) is 12.6 Å². The van der Waals surface area contributed by atoms with Crippen molar-refractivity contribution in [3.63, 3.8) is 0 Å². The van der Waals surface area contributed by atoms with Gasteiger partial charge in [0.2, 0.25) is 5.91 Å². The number of carbonyl (C=O) groups excluding carboxylic acids is 4. The largest absolute Gasteiger partial charge is 0.480 e. The van der Waals surface area contributed by atoms with E-state index < -0.39 is 49.0 Å². The van der Waals surface area contributed by atoms with Crippen LogP contribution in [0.15, 0.2) is 48.5 Å². The van der Waals surface area contributed by atoms with Crippen LogP contribution in [0.5, 0.6) is 0 Å². The average Bonchev–Trinajstić information content (AvgIpc) is 3.35. The van der Waals surface area contributed by atoms with Crippen LogP contribution in [0.1, 0.15) is 95.1 Å². The minimum Gasteiger partial charge on any atom is -0.480 e. The first-order valence-electron chi connectivity index (χ1n) is 15.8. The number of aliphatic carboxylic acids is 1. The number of alkyl carbamates (subject to hydrolysis) is 1. The highest BCUT2D eigenvalue weighted by Gasteiger charge is 2.34. The predicted molar refractivity (Wildman–Crippen MR) is 167 cm³/mol. The molecule has 11 nitrogen and oxygen atoms in total. The van der Waals surface area contributed by atoms with Gasteiger partial charge in [0.05, 0.1) is 13.2 Å². The van der Waals surface area contributed by atoms with Gasteiger partial charge in [0.15, 0.2) is 0 Å². The summed E-state index contributed by atoms with van der Waals surface area (Å²) in [5, 5.41) is 12.0. The van der Waals surface area contributed by atoms with Crippen LogP contribution < -0.4 is 5.32 Å². The first-order chi connectivity index (χ1) is 21.8. The Morgan fingerprint density at radius 1 is 0.756 bits per heavy atom. The van der Waals surface area contributed by atoms with Crippen molar-refractivity contribution in [3.05, 3.63) is 59.7 Å². The number of benzene rings is 2. The monoisotopic (exact) mass is 624 g/mol. The second kappa shape index (κ2) is 18.4. The number of imide groups is 3. The molecule has 3 rings (SSSR count). The molecule has 0 bridgehead atoms. The molecule has 11 heteroatoms. The maximum atomic E-state index is 13.0. The Hall–Kier alpha value is -4.41. The van der Waals surface area contributed by atoms with Gasteiger partial charge in [-0.05, 0) is 41.5 Å². The highest BCUT2D eigenvalue weighted by Crippen LogP contribution is 2.44. The van der Waals surface area contributed by atoms with Crippen LogP contribution >= 0.6 is 0 Å². The fourth-order valence-electron chi connectivity index (χ4n) is 5.20. The Morgan fingerprint density at radius 3 is 1.76 bits per heavy atom. The zero-order valence-corrected chi connectivity index (χ0v) is 26.1. The van der Waals surface area contributed by atoms with E-state index in [1.807, 2.05) is 62.4 Å². The number of carbonyl (C=O) groups is 5. The molecule has 244 valence electrons. The van der Waals surface area contributed by atoms with E-state index in [9.17, 15) is 29.1 Å². The molecule has 2 N–H and O–H groups in total. The second-order valence-corrected chi connectivity index (χ2v) is 11.0. The number of ether oxygens (including phenoxy) is 3. The molecule has 2 aromatic rings. The molecule has 2 aromatic carbocycles. The molecule has 0 heterocycles. The average molecular weight is 625 g/mol. The van der Waals surface area contributed by atoms with Crippen LogP contribution in [0.2, 0.25) is 0 Å². The third kappa shape index (κ3) is 10.3. The van der Waals surface area contributed by atoms with Gasteiger partial charge in [-0.25, -0.2) is 19.2 Å². The van der Waals surface area contributed by atoms with Crippen molar-refractivity contribution in [1.29, 1.82) is 0 Å². The lowest BCUT2D eigenvalue weighted by molar-refractivity contribution is -0.139. The van der Waals surface area contributed by atoms with Gasteiger partial charge >= 0.3 is 24.2 Å². The van der Waals surface area contributed by atoms with Crippen LogP contribution in [0.25, 0.3) is 11.1 Å². The molecule has 1 atom stereocenters. The normalized spacial score (nSPS) is 12.4. The topological polar surface area (TPSA) is 149 Å². The Bertz CT molecular complexity index is 1240. The summed E-state index contributed by atoms with van der Waals surface area (Å²) in [7, 11) is 0. The van der Waals surface area contributed by atoms with Gasteiger partial charge in [0.25, 0.3) is 0 Å². The molecule has 0 saturated heterocycles. The lowest BCUT2D eigenvalue weighted by Gasteiger charge is -2.20. The van der Waals surface area contributed by atoms with Gasteiger partial charge in [-0.15, -0.1) is 4.90 Å². The molecule has 4 amide bonds. The quantitative estimate of drug-likeness (QED) is 0.140. The van der Waals surface area contributed by atoms with Crippen LogP contribution in [0.3, 0.4) is 0 Å². The van der Waals surface area contributed by atoms with Crippen LogP contribution in [0.4, 0.5) is 14.4 Å². The van der Waals surface area contributed by atoms with E-state index >= 15 is 0 Å². The van der Waals surface area contributed by atoms with Crippen molar-refractivity contribution >= 4 is 30.2 Å². The number of carboxylic acids is 1. The van der Waals surface area contributed by atoms with Crippen molar-refractivity contribution in [2.45, 2.75) is 90.0 Å². The van der Waals surface area contributed by atoms with E-state index in [0.717, 1.165) is 60.8 Å². The van der Waals surface area contributed by atoms with Crippen LogP contribution in [0, 0.1) is 0 Å². The van der Waals surface area contributed by atoms with Crippen molar-refractivity contribution in [1.82, 2.24) is 10.2 Å². The molecule has 0 spiro atoms. The summed E-state index contributed by atoms with van der Waals surface area (Å²) in [6.45, 7) is 4.10. The maximum Gasteiger partial charge on any atom is 0.426 e. The van der Waals surface area contributed by atoms with Gasteiger partial charge in [-0.3, -0.25) is 4.79 Å². The number of unbranched alkanes of at least 4 members (excludes halogenated alkanes) is 6. The Balaban J connectivity index is 1.57. The molecule has 1 unspecified atom stereocenters. The van der Waals surface area contributed by atoms with Crippen molar-refractivity contribution < 1.29 is 43.3 Å². The number of hydrogen-bond acceptors (Lipinski definition) is 8. The highest BCUT2D eigenvalue weighted by atomic mass is 16.6. The smallest absolute Gasteiger partial charge is 0.426 e. The summed E-state index contributed by atoms with van der Waals surface area (Å²) in [4.78, 5) is 63.4. The number of hydrogen-bond donors (Lipinski definition) is 2. The van der Waals surface area contributed by atoms with E-state index in [1.54, 1.807) is 0 Å². The molecule has 45 heavy (non-hydrogen) atoms. The third-order valence-electron chi connectivity index (χ3n) is 7.64. The SMILES string of the molecule is CCCCCCOC(=O)N(C(=O)CCC(NC(=O)OCC1c2ccccc2-c2ccccc21)C(=O)O)C(=O)OCCCCCC. The van der Waals surface area contributed by atoms with E-state index in [-0.39, 0.29) is 30.6 Å². The summed E-state index contributed by atoms with van der Waals surface area (Å²) < 4.78 is 15.7. The Morgan fingerprint density at radius 2 is 1.27 bits per heavy atom. The number of fused-ring (bicyclic) bond motifs is 3. The first-order valence-corrected chi connectivity index (χ1v) is 15.8. The lowest BCUT2D eigenvalue weighted by atomic mass is 9.98. The van der Waals surface area contributed by atoms with Gasteiger partial charge in [-0.1, -0.05) is 101 Å². The molecular formula is C34H44N2O9. The number of nitrogens with zero attached hydrogens (tertiary/aromatic N) is 1. The van der Waals surface area contributed by atoms with E-state index in [1.165, 1.54) is 0 Å². The summed E-state index contributed by atoms with van der Waals surface area (Å²) in [5.41, 5.74) is 4.10. The minimum atomic E-state index is -1.51. The number of amides is 4. The fourth-order valence-corrected chi connectivity index (χ4v) is 5.20. The molecule has 0 radical (unpaired) electrons. The Kier molecular flexibility index (Phi) is 14.3. The first kappa shape index (κ1) is 35.1. The molecule has 0 fully saturated rings. The van der Waals surface area contributed by atoms with Gasteiger partial charge < -0.3 is 24.6 Å². The highest BCUT2D eigenvalue weighted by molar-refractivity contribution is 6.06. The summed E-state index contributed by atoms with van der Waals surface area (Å²) in [6.07, 6.45) is 2.39. The summed E-state index contributed by atoms with van der Waals surface area (Å²) in [6, 6.07) is 14.1. The predicted octanol–water partition coefficient (Wildman–Crippen LogP) is 7.02. The number of nitrogens with one attached hydrogen (secondary N) is 1. The van der Waals surface area contributed by atoms with Gasteiger partial charge in [-0.2, -0.15) is 0 Å². The van der Waals surface area contributed by atoms with Gasteiger partial charge in [0, 0.05) is 12.3 Å². The van der Waals surface area contributed by atoms with E-state index in [0.29, 0.717) is 12.8 Å². The zero-order valence-electron chi connectivity index (χ0n) is 26.1. The standard InChI is InChI=1S/C34H44N2O9/c1-3-5-7-13-21-43-33(41)36(34(42)44-22-14-8-6-4-2)30(37)20-19-29(31(38)39)35-32(40)45-23-28-26-17-11-9-15-24(26)25-16-10-12-18-27(25)28/h9-12,15-18,28-29H,3-8,13-14,19-23H2,1-2H3,(H,35,40)(H,38,39). The molecule has 0 aliphatic heterocycles. The Labute approximate surface area is 264 Å². The van der Waals surface area contributed by atoms with Crippen molar-refractivity contribution in [2.75, 3.05) is 19.8 Å². The third-order valence-corrected chi connectivity index (χ3v) is 7.64. The van der Waals surface area contributed by atoms with E-state index in [4.69, 9.17) is 14.2 Å². The zero-order chi connectivity index (χ0) is 32.6. The van der Waals surface area contributed by atoms with E-state index in [2.05, 4.69) is 5.32 Å². The lowest BCUT2D eigenvalue weighted by Crippen LogP contribution is -2.45.